The van der Waals surface area contributed by atoms with Crippen LogP contribution in [0, 0.1) is 0 Å². The molecule has 0 heterocycles. The molecule has 0 amide bonds. The summed E-state index contributed by atoms with van der Waals surface area (Å²) in [6.45, 7) is 13.9. The van der Waals surface area contributed by atoms with Gasteiger partial charge >= 0.3 is 0 Å². The van der Waals surface area contributed by atoms with E-state index in [0.29, 0.717) is 6.54 Å². The molecule has 0 aromatic carbocycles. The molecule has 0 saturated heterocycles. The van der Waals surface area contributed by atoms with Crippen molar-refractivity contribution in [2.45, 2.75) is 33.6 Å². The Kier molecular flexibility index (Phi) is 7.24. The summed E-state index contributed by atoms with van der Waals surface area (Å²) in [6.07, 6.45) is 4.29. The molecule has 0 unspecified atom stereocenters. The average Bonchev–Trinajstić information content (AvgIpc) is 2.14. The van der Waals surface area contributed by atoms with Crippen molar-refractivity contribution in [2.75, 3.05) is 6.54 Å². The predicted molar refractivity (Wildman–Crippen MR) is 68.5 cm³/mol. The molecule has 0 aliphatic rings. The van der Waals surface area contributed by atoms with Gasteiger partial charge in [0.15, 0.2) is 0 Å². The number of amidine groups is 1. The van der Waals surface area contributed by atoms with Crippen LogP contribution in [0.3, 0.4) is 0 Å². The second-order valence-electron chi connectivity index (χ2n) is 3.72. The molecule has 0 aromatic rings. The highest BCUT2D eigenvalue weighted by Gasteiger charge is 1.90. The van der Waals surface area contributed by atoms with Gasteiger partial charge in [0.05, 0.1) is 6.54 Å². The van der Waals surface area contributed by atoms with Gasteiger partial charge in [0.25, 0.3) is 0 Å². The molecule has 84 valence electrons. The number of aliphatic imine (C=N–C) groups is 1. The van der Waals surface area contributed by atoms with Crippen molar-refractivity contribution in [1.82, 2.24) is 5.43 Å². The van der Waals surface area contributed by atoms with Gasteiger partial charge in [-0.05, 0) is 33.6 Å². The van der Waals surface area contributed by atoms with E-state index in [9.17, 15) is 0 Å². The number of rotatable bonds is 6. The minimum atomic E-state index is 0.713. The summed E-state index contributed by atoms with van der Waals surface area (Å²) >= 11 is 0. The van der Waals surface area contributed by atoms with Crippen LogP contribution >= 0.6 is 0 Å². The van der Waals surface area contributed by atoms with Crippen molar-refractivity contribution >= 4 is 12.6 Å². The predicted octanol–water partition coefficient (Wildman–Crippen LogP) is 2.91. The highest BCUT2D eigenvalue weighted by atomic mass is 15.3. The van der Waals surface area contributed by atoms with Crippen LogP contribution in [-0.4, -0.2) is 19.1 Å². The van der Waals surface area contributed by atoms with E-state index >= 15 is 0 Å². The molecule has 0 aliphatic carbocycles. The van der Waals surface area contributed by atoms with Crippen molar-refractivity contribution in [3.63, 3.8) is 0 Å². The zero-order chi connectivity index (χ0) is 11.7. The number of nitrogens with one attached hydrogen (secondary N) is 1. The third-order valence-electron chi connectivity index (χ3n) is 1.87. The van der Waals surface area contributed by atoms with Gasteiger partial charge in [-0.2, -0.15) is 5.10 Å². The second-order valence-corrected chi connectivity index (χ2v) is 3.72. The molecule has 0 aliphatic heterocycles. The smallest absolute Gasteiger partial charge is 0.114 e. The molecule has 0 radical (unpaired) electrons. The van der Waals surface area contributed by atoms with Crippen molar-refractivity contribution in [3.05, 3.63) is 23.8 Å². The lowest BCUT2D eigenvalue weighted by Crippen LogP contribution is -2.13. The Morgan fingerprint density at radius 2 is 2.00 bits per heavy atom. The van der Waals surface area contributed by atoms with Gasteiger partial charge in [0, 0.05) is 6.72 Å². The number of hydrogen-bond acceptors (Lipinski definition) is 2. The summed E-state index contributed by atoms with van der Waals surface area (Å²) in [5, 5.41) is 3.54. The number of nitrogens with zero attached hydrogens (tertiary/aromatic N) is 2. The molecular formula is C12H21N3. The summed E-state index contributed by atoms with van der Waals surface area (Å²) < 4.78 is 0. The third-order valence-corrected chi connectivity index (χ3v) is 1.87. The van der Waals surface area contributed by atoms with E-state index in [-0.39, 0.29) is 0 Å². The third kappa shape index (κ3) is 8.94. The molecule has 0 aromatic heterocycles. The molecule has 3 heteroatoms. The first-order chi connectivity index (χ1) is 7.06. The van der Waals surface area contributed by atoms with E-state index in [1.165, 1.54) is 11.1 Å². The zero-order valence-electron chi connectivity index (χ0n) is 10.0. The minimum Gasteiger partial charge on any atom is -0.267 e. The van der Waals surface area contributed by atoms with Crippen LogP contribution in [-0.2, 0) is 0 Å². The fraction of sp³-hybridized carbons (Fsp3) is 0.500. The average molecular weight is 207 g/mol. The Morgan fingerprint density at radius 1 is 1.33 bits per heavy atom. The Balaban J connectivity index is 3.90. The van der Waals surface area contributed by atoms with Crippen molar-refractivity contribution in [1.29, 1.82) is 0 Å². The maximum absolute atomic E-state index is 4.29. The fourth-order valence-corrected chi connectivity index (χ4v) is 1.02. The molecular weight excluding hydrogens is 186 g/mol. The van der Waals surface area contributed by atoms with Gasteiger partial charge in [-0.25, -0.2) is 0 Å². The van der Waals surface area contributed by atoms with Gasteiger partial charge in [-0.1, -0.05) is 17.2 Å². The van der Waals surface area contributed by atoms with Crippen LogP contribution in [0.15, 0.2) is 33.9 Å². The zero-order valence-corrected chi connectivity index (χ0v) is 10.0. The SMILES string of the molecule is C=NNC(C)=NC/C(C)=C\CCC(=C)C. The number of hydrogen-bond donors (Lipinski definition) is 1. The van der Waals surface area contributed by atoms with Gasteiger partial charge in [0.2, 0.25) is 0 Å². The van der Waals surface area contributed by atoms with Crippen LogP contribution in [0.2, 0.25) is 0 Å². The van der Waals surface area contributed by atoms with E-state index in [4.69, 9.17) is 0 Å². The van der Waals surface area contributed by atoms with Crippen LogP contribution in [0.25, 0.3) is 0 Å². The van der Waals surface area contributed by atoms with Crippen molar-refractivity contribution < 1.29 is 0 Å². The van der Waals surface area contributed by atoms with Gasteiger partial charge in [0.1, 0.15) is 5.84 Å². The number of hydrazone groups is 1. The quantitative estimate of drug-likeness (QED) is 0.309. The van der Waals surface area contributed by atoms with Crippen molar-refractivity contribution in [3.8, 4) is 0 Å². The Bertz CT molecular complexity index is 275. The van der Waals surface area contributed by atoms with Crippen LogP contribution < -0.4 is 5.43 Å². The standard InChI is InChI=1S/C12H21N3/c1-10(2)7-6-8-11(3)9-14-12(4)15-13-5/h8H,1,5-7,9H2,2-4H3,(H,14,15)/b11-8-. The Hall–Kier alpha value is -1.38. The summed E-state index contributed by atoms with van der Waals surface area (Å²) in [6, 6.07) is 0. The van der Waals surface area contributed by atoms with Gasteiger partial charge in [-0.15, -0.1) is 6.58 Å². The lowest BCUT2D eigenvalue weighted by molar-refractivity contribution is 0.954. The summed E-state index contributed by atoms with van der Waals surface area (Å²) in [7, 11) is 0. The second kappa shape index (κ2) is 7.97. The molecule has 0 atom stereocenters. The first kappa shape index (κ1) is 13.6. The summed E-state index contributed by atoms with van der Waals surface area (Å²) in [5.41, 5.74) is 5.18. The van der Waals surface area contributed by atoms with E-state index in [0.717, 1.165) is 18.7 Å². The summed E-state index contributed by atoms with van der Waals surface area (Å²) in [5.74, 6) is 0.789. The maximum atomic E-state index is 4.29. The number of allylic oxidation sites excluding steroid dienone is 2. The first-order valence-corrected chi connectivity index (χ1v) is 5.09. The van der Waals surface area contributed by atoms with Crippen LogP contribution in [0.4, 0.5) is 0 Å². The molecule has 1 N–H and O–H groups in total. The topological polar surface area (TPSA) is 36.8 Å². The summed E-state index contributed by atoms with van der Waals surface area (Å²) in [4.78, 5) is 4.29. The van der Waals surface area contributed by atoms with Crippen LogP contribution in [0.5, 0.6) is 0 Å². The Labute approximate surface area is 92.7 Å². The first-order valence-electron chi connectivity index (χ1n) is 5.09. The highest BCUT2D eigenvalue weighted by molar-refractivity contribution is 5.79. The van der Waals surface area contributed by atoms with Crippen LogP contribution in [0.1, 0.15) is 33.6 Å². The molecule has 0 fully saturated rings. The van der Waals surface area contributed by atoms with Crippen molar-refractivity contribution in [2.24, 2.45) is 10.1 Å². The van der Waals surface area contributed by atoms with Gasteiger partial charge < -0.3 is 0 Å². The normalized spacial score (nSPS) is 12.5. The van der Waals surface area contributed by atoms with E-state index < -0.39 is 0 Å². The fourth-order valence-electron chi connectivity index (χ4n) is 1.02. The maximum Gasteiger partial charge on any atom is 0.114 e. The lowest BCUT2D eigenvalue weighted by atomic mass is 10.1. The van der Waals surface area contributed by atoms with E-state index in [2.05, 4.69) is 41.8 Å². The monoisotopic (exact) mass is 207 g/mol. The molecule has 0 rings (SSSR count). The molecule has 3 nitrogen and oxygen atoms in total. The van der Waals surface area contributed by atoms with Gasteiger partial charge in [-0.3, -0.25) is 10.4 Å². The highest BCUT2D eigenvalue weighted by Crippen LogP contribution is 2.04. The molecule has 0 bridgehead atoms. The largest absolute Gasteiger partial charge is 0.267 e. The molecule has 0 spiro atoms. The molecule has 15 heavy (non-hydrogen) atoms. The lowest BCUT2D eigenvalue weighted by Gasteiger charge is -2.00. The van der Waals surface area contributed by atoms with E-state index in [1.54, 1.807) is 0 Å². The Morgan fingerprint density at radius 3 is 2.53 bits per heavy atom. The molecule has 0 saturated carbocycles. The van der Waals surface area contributed by atoms with E-state index in [1.807, 2.05) is 13.8 Å². The minimum absolute atomic E-state index is 0.713.